The molecule has 0 radical (unpaired) electrons. The number of hydrogen-bond donors (Lipinski definition) is 2. The smallest absolute Gasteiger partial charge is 0.344 e. The van der Waals surface area contributed by atoms with Gasteiger partial charge >= 0.3 is 6.18 Å². The quantitative estimate of drug-likeness (QED) is 0.697. The van der Waals surface area contributed by atoms with Crippen molar-refractivity contribution in [2.75, 3.05) is 5.32 Å². The van der Waals surface area contributed by atoms with E-state index in [-0.39, 0.29) is 23.9 Å². The van der Waals surface area contributed by atoms with Crippen LogP contribution in [0.15, 0.2) is 54.6 Å². The summed E-state index contributed by atoms with van der Waals surface area (Å²) < 4.78 is 38.9. The lowest BCUT2D eigenvalue weighted by atomic mass is 9.88. The van der Waals surface area contributed by atoms with Crippen molar-refractivity contribution in [1.82, 2.24) is 5.32 Å². The van der Waals surface area contributed by atoms with Crippen molar-refractivity contribution in [3.63, 3.8) is 0 Å². The van der Waals surface area contributed by atoms with Crippen LogP contribution in [0.5, 0.6) is 0 Å². The molecule has 1 aliphatic rings. The van der Waals surface area contributed by atoms with Gasteiger partial charge in [0.2, 0.25) is 11.8 Å². The SMILES string of the molecule is O=C(NC(Cc1ccccc1)C(=O)Nc1cccc(C(F)(F)F)c1)C1CCCCC1. The van der Waals surface area contributed by atoms with Crippen LogP contribution >= 0.6 is 0 Å². The van der Waals surface area contributed by atoms with Gasteiger partial charge in [-0.25, -0.2) is 0 Å². The summed E-state index contributed by atoms with van der Waals surface area (Å²) in [6.07, 6.45) is 0.407. The Bertz CT molecular complexity index is 862. The zero-order valence-corrected chi connectivity index (χ0v) is 16.5. The van der Waals surface area contributed by atoms with E-state index in [1.807, 2.05) is 30.3 Å². The highest BCUT2D eigenvalue weighted by Gasteiger charge is 2.31. The Morgan fingerprint density at radius 2 is 1.67 bits per heavy atom. The molecule has 0 saturated heterocycles. The van der Waals surface area contributed by atoms with Gasteiger partial charge in [0.1, 0.15) is 6.04 Å². The number of nitrogens with one attached hydrogen (secondary N) is 2. The molecule has 0 aromatic heterocycles. The van der Waals surface area contributed by atoms with Crippen LogP contribution in [0.25, 0.3) is 0 Å². The molecule has 7 heteroatoms. The summed E-state index contributed by atoms with van der Waals surface area (Å²) in [5.41, 5.74) is 0.0524. The van der Waals surface area contributed by atoms with Crippen molar-refractivity contribution < 1.29 is 22.8 Å². The number of rotatable bonds is 6. The Morgan fingerprint density at radius 1 is 0.967 bits per heavy atom. The highest BCUT2D eigenvalue weighted by atomic mass is 19.4. The molecule has 0 aliphatic heterocycles. The number of carbonyl (C=O) groups is 2. The maximum absolute atomic E-state index is 13.0. The second-order valence-corrected chi connectivity index (χ2v) is 7.65. The molecule has 1 atom stereocenters. The Balaban J connectivity index is 1.75. The number of halogens is 3. The minimum Gasteiger partial charge on any atom is -0.344 e. The Hall–Kier alpha value is -2.83. The van der Waals surface area contributed by atoms with Gasteiger partial charge in [-0.2, -0.15) is 13.2 Å². The summed E-state index contributed by atoms with van der Waals surface area (Å²) in [6, 6.07) is 12.8. The van der Waals surface area contributed by atoms with Crippen molar-refractivity contribution in [2.24, 2.45) is 5.92 Å². The van der Waals surface area contributed by atoms with Crippen molar-refractivity contribution in [2.45, 2.75) is 50.7 Å². The molecule has 2 N–H and O–H groups in total. The number of anilines is 1. The minimum absolute atomic E-state index is 0.0415. The second-order valence-electron chi connectivity index (χ2n) is 7.65. The average Bonchev–Trinajstić information content (AvgIpc) is 2.74. The Kier molecular flexibility index (Phi) is 7.13. The molecule has 4 nitrogen and oxygen atoms in total. The van der Waals surface area contributed by atoms with Gasteiger partial charge in [-0.15, -0.1) is 0 Å². The number of hydrogen-bond acceptors (Lipinski definition) is 2. The van der Waals surface area contributed by atoms with E-state index in [0.29, 0.717) is 0 Å². The Morgan fingerprint density at radius 3 is 2.33 bits per heavy atom. The summed E-state index contributed by atoms with van der Waals surface area (Å²) in [6.45, 7) is 0. The molecule has 3 rings (SSSR count). The molecule has 1 fully saturated rings. The van der Waals surface area contributed by atoms with Crippen LogP contribution in [0.2, 0.25) is 0 Å². The summed E-state index contributed by atoms with van der Waals surface area (Å²) >= 11 is 0. The highest BCUT2D eigenvalue weighted by molar-refractivity contribution is 5.97. The highest BCUT2D eigenvalue weighted by Crippen LogP contribution is 2.30. The van der Waals surface area contributed by atoms with E-state index in [2.05, 4.69) is 10.6 Å². The van der Waals surface area contributed by atoms with Crippen LogP contribution in [0.1, 0.15) is 43.2 Å². The lowest BCUT2D eigenvalue weighted by Gasteiger charge is -2.25. The first-order valence-corrected chi connectivity index (χ1v) is 10.2. The normalized spacial score (nSPS) is 16.0. The first-order valence-electron chi connectivity index (χ1n) is 10.2. The van der Waals surface area contributed by atoms with E-state index >= 15 is 0 Å². The molecular weight excluding hydrogens is 393 g/mol. The lowest BCUT2D eigenvalue weighted by molar-refractivity contribution is -0.137. The average molecular weight is 418 g/mol. The third-order valence-corrected chi connectivity index (χ3v) is 5.35. The van der Waals surface area contributed by atoms with Crippen LogP contribution in [0.3, 0.4) is 0 Å². The fraction of sp³-hybridized carbons (Fsp3) is 0.391. The van der Waals surface area contributed by atoms with Gasteiger partial charge in [-0.05, 0) is 36.6 Å². The van der Waals surface area contributed by atoms with E-state index in [4.69, 9.17) is 0 Å². The van der Waals surface area contributed by atoms with Gasteiger partial charge < -0.3 is 10.6 Å². The van der Waals surface area contributed by atoms with Gasteiger partial charge in [0.25, 0.3) is 0 Å². The van der Waals surface area contributed by atoms with Gasteiger partial charge in [0, 0.05) is 18.0 Å². The third kappa shape index (κ3) is 6.08. The molecule has 160 valence electrons. The summed E-state index contributed by atoms with van der Waals surface area (Å²) in [5, 5.41) is 5.36. The molecule has 1 saturated carbocycles. The van der Waals surface area contributed by atoms with E-state index < -0.39 is 23.7 Å². The largest absolute Gasteiger partial charge is 0.416 e. The molecule has 1 aliphatic carbocycles. The number of amides is 2. The van der Waals surface area contributed by atoms with Gasteiger partial charge in [-0.3, -0.25) is 9.59 Å². The minimum atomic E-state index is -4.50. The molecule has 0 bridgehead atoms. The Labute approximate surface area is 173 Å². The summed E-state index contributed by atoms with van der Waals surface area (Å²) in [5.74, 6) is -0.837. The molecule has 2 amide bonds. The van der Waals surface area contributed by atoms with E-state index in [1.54, 1.807) is 0 Å². The number of benzene rings is 2. The van der Waals surface area contributed by atoms with Crippen molar-refractivity contribution in [3.8, 4) is 0 Å². The fourth-order valence-electron chi connectivity index (χ4n) is 3.72. The van der Waals surface area contributed by atoms with Crippen molar-refractivity contribution >= 4 is 17.5 Å². The zero-order valence-electron chi connectivity index (χ0n) is 16.5. The van der Waals surface area contributed by atoms with Gasteiger partial charge in [0.15, 0.2) is 0 Å². The van der Waals surface area contributed by atoms with Crippen molar-refractivity contribution in [1.29, 1.82) is 0 Å². The first-order chi connectivity index (χ1) is 14.3. The van der Waals surface area contributed by atoms with E-state index in [0.717, 1.165) is 49.8 Å². The van der Waals surface area contributed by atoms with Crippen LogP contribution in [0, 0.1) is 5.92 Å². The maximum atomic E-state index is 13.0. The van der Waals surface area contributed by atoms with Crippen LogP contribution in [0.4, 0.5) is 18.9 Å². The first kappa shape index (κ1) is 21.9. The van der Waals surface area contributed by atoms with Crippen molar-refractivity contribution in [3.05, 3.63) is 65.7 Å². The summed E-state index contributed by atoms with van der Waals surface area (Å²) in [4.78, 5) is 25.6. The number of alkyl halides is 3. The molecular formula is C23H25F3N2O2. The predicted molar refractivity (Wildman–Crippen MR) is 109 cm³/mol. The second kappa shape index (κ2) is 9.78. The topological polar surface area (TPSA) is 58.2 Å². The van der Waals surface area contributed by atoms with Crippen LogP contribution in [-0.2, 0) is 22.2 Å². The molecule has 1 unspecified atom stereocenters. The summed E-state index contributed by atoms with van der Waals surface area (Å²) in [7, 11) is 0. The van der Waals surface area contributed by atoms with Crippen LogP contribution in [-0.4, -0.2) is 17.9 Å². The van der Waals surface area contributed by atoms with E-state index in [9.17, 15) is 22.8 Å². The number of carbonyl (C=O) groups excluding carboxylic acids is 2. The fourth-order valence-corrected chi connectivity index (χ4v) is 3.72. The molecule has 0 heterocycles. The monoisotopic (exact) mass is 418 g/mol. The molecule has 2 aromatic rings. The van der Waals surface area contributed by atoms with Gasteiger partial charge in [0.05, 0.1) is 5.56 Å². The molecule has 0 spiro atoms. The van der Waals surface area contributed by atoms with Gasteiger partial charge in [-0.1, -0.05) is 55.7 Å². The predicted octanol–water partition coefficient (Wildman–Crippen LogP) is 4.95. The molecule has 2 aromatic carbocycles. The van der Waals surface area contributed by atoms with E-state index in [1.165, 1.54) is 12.1 Å². The lowest BCUT2D eigenvalue weighted by Crippen LogP contribution is -2.47. The molecule has 30 heavy (non-hydrogen) atoms. The standard InChI is InChI=1S/C23H25F3N2O2/c24-23(25,26)18-12-7-13-19(15-18)27-22(30)20(14-16-8-3-1-4-9-16)28-21(29)17-10-5-2-6-11-17/h1,3-4,7-9,12-13,15,17,20H,2,5-6,10-11,14H2,(H,27,30)(H,28,29). The zero-order chi connectivity index (χ0) is 21.6. The van der Waals surface area contributed by atoms with Crippen LogP contribution < -0.4 is 10.6 Å². The third-order valence-electron chi connectivity index (χ3n) is 5.35. The maximum Gasteiger partial charge on any atom is 0.416 e.